The summed E-state index contributed by atoms with van der Waals surface area (Å²) in [5, 5.41) is 7.23. The van der Waals surface area contributed by atoms with Crippen molar-refractivity contribution in [2.24, 2.45) is 0 Å². The Hall–Kier alpha value is -8.40. The molecule has 0 radical (unpaired) electrons. The Bertz CT molecular complexity index is 3790. The van der Waals surface area contributed by atoms with Crippen LogP contribution in [0.5, 0.6) is 0 Å². The molecule has 66 heavy (non-hydrogen) atoms. The first-order valence-corrected chi connectivity index (χ1v) is 22.8. The van der Waals surface area contributed by atoms with E-state index in [1.54, 1.807) is 0 Å². The van der Waals surface area contributed by atoms with Crippen molar-refractivity contribution < 1.29 is 0 Å². The zero-order valence-electron chi connectivity index (χ0n) is 36.7. The molecule has 0 fully saturated rings. The minimum atomic E-state index is -0.173. The van der Waals surface area contributed by atoms with Crippen LogP contribution in [-0.2, 0) is 5.41 Å². The lowest BCUT2D eigenvalue weighted by Crippen LogP contribution is -2.14. The first-order chi connectivity index (χ1) is 32.5. The van der Waals surface area contributed by atoms with Crippen LogP contribution in [-0.4, -0.2) is 14.5 Å². The van der Waals surface area contributed by atoms with Crippen molar-refractivity contribution in [3.8, 4) is 73.0 Å². The van der Waals surface area contributed by atoms with Crippen molar-refractivity contribution in [2.45, 2.75) is 19.3 Å². The average molecular weight is 842 g/mol. The minimum absolute atomic E-state index is 0.173. The van der Waals surface area contributed by atoms with Gasteiger partial charge in [-0.2, -0.15) is 0 Å². The molecule has 0 bridgehead atoms. The van der Waals surface area contributed by atoms with E-state index in [1.165, 1.54) is 66.1 Å². The first kappa shape index (κ1) is 38.1. The molecule has 0 N–H and O–H groups in total. The normalized spacial score (nSPS) is 12.8. The molecule has 10 aromatic carbocycles. The molecular formula is C63H43N3. The zero-order valence-corrected chi connectivity index (χ0v) is 36.7. The largest absolute Gasteiger partial charge is 0.309 e. The summed E-state index contributed by atoms with van der Waals surface area (Å²) in [4.78, 5) is 10.8. The van der Waals surface area contributed by atoms with Gasteiger partial charge in [-0.05, 0) is 109 Å². The van der Waals surface area contributed by atoms with Crippen LogP contribution in [0.4, 0.5) is 0 Å². The standard InChI is InChI=1S/C63H43N3/c1-63(2)54-28-16-27-50(61(54)53-37-43-23-12-13-24-44(43)38-55(53)63)57-39-56(64-62(65-57)42-21-10-5-11-22-42)48-31-34-58(49-26-15-14-25-47(48)49)66-59-32-29-45(40-17-6-3-7-18-40)35-51(59)52-36-46(30-33-60(52)66)41-19-8-4-9-20-41/h3-39H,1-2H3. The van der Waals surface area contributed by atoms with E-state index >= 15 is 0 Å². The third-order valence-electron chi connectivity index (χ3n) is 14.0. The Balaban J connectivity index is 1.03. The molecule has 12 aromatic rings. The van der Waals surface area contributed by atoms with Crippen LogP contribution < -0.4 is 0 Å². The molecule has 0 saturated carbocycles. The van der Waals surface area contributed by atoms with Crippen LogP contribution in [0.3, 0.4) is 0 Å². The van der Waals surface area contributed by atoms with Crippen molar-refractivity contribution >= 4 is 43.4 Å². The summed E-state index contributed by atoms with van der Waals surface area (Å²) in [5.74, 6) is 0.704. The van der Waals surface area contributed by atoms with Gasteiger partial charge in [0.1, 0.15) is 0 Å². The van der Waals surface area contributed by atoms with Crippen LogP contribution in [0.1, 0.15) is 25.0 Å². The van der Waals surface area contributed by atoms with Crippen molar-refractivity contribution in [3.05, 3.63) is 236 Å². The number of aromatic nitrogens is 3. The second-order valence-corrected chi connectivity index (χ2v) is 18.1. The van der Waals surface area contributed by atoms with E-state index in [4.69, 9.17) is 9.97 Å². The summed E-state index contributed by atoms with van der Waals surface area (Å²) in [6.07, 6.45) is 0. The monoisotopic (exact) mass is 841 g/mol. The third kappa shape index (κ3) is 5.97. The second kappa shape index (κ2) is 14.8. The van der Waals surface area contributed by atoms with Gasteiger partial charge in [-0.25, -0.2) is 9.97 Å². The second-order valence-electron chi connectivity index (χ2n) is 18.1. The summed E-state index contributed by atoms with van der Waals surface area (Å²) < 4.78 is 2.46. The predicted molar refractivity (Wildman–Crippen MR) is 276 cm³/mol. The van der Waals surface area contributed by atoms with Crippen molar-refractivity contribution in [2.75, 3.05) is 0 Å². The molecular weight excluding hydrogens is 799 g/mol. The Labute approximate surface area is 384 Å². The molecule has 0 amide bonds. The van der Waals surface area contributed by atoms with Gasteiger partial charge in [-0.15, -0.1) is 0 Å². The van der Waals surface area contributed by atoms with Gasteiger partial charge in [0.25, 0.3) is 0 Å². The van der Waals surface area contributed by atoms with Gasteiger partial charge in [-0.3, -0.25) is 0 Å². The summed E-state index contributed by atoms with van der Waals surface area (Å²) in [7, 11) is 0. The lowest BCUT2D eigenvalue weighted by molar-refractivity contribution is 0.661. The number of benzene rings is 10. The van der Waals surface area contributed by atoms with Crippen LogP contribution in [0.15, 0.2) is 224 Å². The number of hydrogen-bond acceptors (Lipinski definition) is 2. The van der Waals surface area contributed by atoms with E-state index in [0.29, 0.717) is 5.82 Å². The highest BCUT2D eigenvalue weighted by Gasteiger charge is 2.37. The molecule has 1 aliphatic carbocycles. The SMILES string of the molecule is CC1(C)c2cc3ccccc3cc2-c2c(-c3cc(-c4ccc(-n5c6ccc(-c7ccccc7)cc6c6cc(-c7ccccc7)ccc65)c5ccccc45)nc(-c4ccccc4)n3)cccc21. The van der Waals surface area contributed by atoms with Gasteiger partial charge >= 0.3 is 0 Å². The molecule has 1 aliphatic rings. The topological polar surface area (TPSA) is 30.7 Å². The fourth-order valence-electron chi connectivity index (χ4n) is 10.7. The Kier molecular flexibility index (Phi) is 8.56. The number of nitrogens with zero attached hydrogens (tertiary/aromatic N) is 3. The predicted octanol–water partition coefficient (Wildman–Crippen LogP) is 16.5. The number of hydrogen-bond donors (Lipinski definition) is 0. The maximum atomic E-state index is 5.41. The number of fused-ring (bicyclic) bond motifs is 8. The maximum Gasteiger partial charge on any atom is 0.160 e. The Morgan fingerprint density at radius 1 is 0.348 bits per heavy atom. The quantitative estimate of drug-likeness (QED) is 0.167. The molecule has 3 nitrogen and oxygen atoms in total. The van der Waals surface area contributed by atoms with E-state index in [9.17, 15) is 0 Å². The van der Waals surface area contributed by atoms with E-state index in [2.05, 4.69) is 237 Å². The summed E-state index contributed by atoms with van der Waals surface area (Å²) in [6, 6.07) is 81.4. The van der Waals surface area contributed by atoms with Crippen molar-refractivity contribution in [3.63, 3.8) is 0 Å². The number of rotatable bonds is 6. The highest BCUT2D eigenvalue weighted by Crippen LogP contribution is 2.53. The van der Waals surface area contributed by atoms with Crippen LogP contribution >= 0.6 is 0 Å². The Morgan fingerprint density at radius 2 is 0.894 bits per heavy atom. The van der Waals surface area contributed by atoms with Gasteiger partial charge in [-0.1, -0.05) is 190 Å². The fraction of sp³-hybridized carbons (Fsp3) is 0.0476. The third-order valence-corrected chi connectivity index (χ3v) is 14.0. The highest BCUT2D eigenvalue weighted by atomic mass is 15.0. The maximum absolute atomic E-state index is 5.41. The van der Waals surface area contributed by atoms with Crippen molar-refractivity contribution in [1.29, 1.82) is 0 Å². The smallest absolute Gasteiger partial charge is 0.160 e. The summed E-state index contributed by atoms with van der Waals surface area (Å²) >= 11 is 0. The highest BCUT2D eigenvalue weighted by molar-refractivity contribution is 6.13. The molecule has 2 heterocycles. The van der Waals surface area contributed by atoms with Crippen LogP contribution in [0, 0.1) is 0 Å². The fourth-order valence-corrected chi connectivity index (χ4v) is 10.7. The van der Waals surface area contributed by atoms with E-state index < -0.39 is 0 Å². The van der Waals surface area contributed by atoms with Gasteiger partial charge in [0.05, 0.1) is 28.1 Å². The van der Waals surface area contributed by atoms with Gasteiger partial charge in [0.15, 0.2) is 5.82 Å². The minimum Gasteiger partial charge on any atom is -0.309 e. The molecule has 310 valence electrons. The van der Waals surface area contributed by atoms with E-state index in [1.807, 2.05) is 6.07 Å². The molecule has 0 atom stereocenters. The summed E-state index contributed by atoms with van der Waals surface area (Å²) in [5.41, 5.74) is 18.2. The molecule has 0 spiro atoms. The van der Waals surface area contributed by atoms with Crippen LogP contribution in [0.25, 0.3) is 116 Å². The molecule has 0 saturated heterocycles. The lowest BCUT2D eigenvalue weighted by atomic mass is 9.81. The first-order valence-electron chi connectivity index (χ1n) is 22.8. The molecule has 13 rings (SSSR count). The van der Waals surface area contributed by atoms with Crippen LogP contribution in [0.2, 0.25) is 0 Å². The van der Waals surface area contributed by atoms with Gasteiger partial charge < -0.3 is 4.57 Å². The lowest BCUT2D eigenvalue weighted by Gasteiger charge is -2.22. The van der Waals surface area contributed by atoms with Crippen molar-refractivity contribution in [1.82, 2.24) is 14.5 Å². The average Bonchev–Trinajstić information content (AvgIpc) is 3.82. The van der Waals surface area contributed by atoms with E-state index in [0.717, 1.165) is 55.6 Å². The Morgan fingerprint density at radius 3 is 1.53 bits per heavy atom. The van der Waals surface area contributed by atoms with E-state index in [-0.39, 0.29) is 5.41 Å². The van der Waals surface area contributed by atoms with Gasteiger partial charge in [0.2, 0.25) is 0 Å². The zero-order chi connectivity index (χ0) is 43.9. The molecule has 2 aromatic heterocycles. The molecule has 0 aliphatic heterocycles. The molecule has 3 heteroatoms. The summed E-state index contributed by atoms with van der Waals surface area (Å²) in [6.45, 7) is 4.71. The molecule has 0 unspecified atom stereocenters. The van der Waals surface area contributed by atoms with Gasteiger partial charge in [0, 0.05) is 38.3 Å².